The van der Waals surface area contributed by atoms with Gasteiger partial charge in [-0.2, -0.15) is 0 Å². The third-order valence-electron chi connectivity index (χ3n) is 3.87. The van der Waals surface area contributed by atoms with Crippen LogP contribution in [0, 0.1) is 0 Å². The van der Waals surface area contributed by atoms with Crippen molar-refractivity contribution >= 4 is 32.4 Å². The summed E-state index contributed by atoms with van der Waals surface area (Å²) in [6.07, 6.45) is 0. The van der Waals surface area contributed by atoms with Crippen molar-refractivity contribution in [3.8, 4) is 0 Å². The maximum Gasteiger partial charge on any atom is 0.257 e. The minimum Gasteiger partial charge on any atom is -0.296 e. The van der Waals surface area contributed by atoms with E-state index in [1.54, 1.807) is 6.07 Å². The van der Waals surface area contributed by atoms with Crippen LogP contribution in [-0.2, 0) is 16.6 Å². The molecule has 2 aromatic carbocycles. The summed E-state index contributed by atoms with van der Waals surface area (Å²) in [6, 6.07) is 15.1. The highest BCUT2D eigenvalue weighted by Gasteiger charge is 2.17. The first-order valence-corrected chi connectivity index (χ1v) is 10.9. The molecule has 146 valence electrons. The second-order valence-corrected chi connectivity index (χ2v) is 9.17. The number of hydrogen-bond acceptors (Lipinski definition) is 6. The molecule has 0 bridgehead atoms. The quantitative estimate of drug-likeness (QED) is 0.615. The number of rotatable bonds is 7. The van der Waals surface area contributed by atoms with Crippen LogP contribution < -0.4 is 10.0 Å². The molecule has 1 amide bonds. The van der Waals surface area contributed by atoms with Crippen molar-refractivity contribution in [2.24, 2.45) is 0 Å². The van der Waals surface area contributed by atoms with E-state index in [-0.39, 0.29) is 22.9 Å². The summed E-state index contributed by atoms with van der Waals surface area (Å²) in [6.45, 7) is 4.15. The highest BCUT2D eigenvalue weighted by atomic mass is 32.2. The second-order valence-electron chi connectivity index (χ2n) is 6.39. The Morgan fingerprint density at radius 2 is 1.82 bits per heavy atom. The van der Waals surface area contributed by atoms with Gasteiger partial charge in [-0.15, -0.1) is 10.2 Å². The van der Waals surface area contributed by atoms with Gasteiger partial charge in [0.2, 0.25) is 15.2 Å². The molecule has 0 radical (unpaired) electrons. The number of aromatic nitrogens is 2. The Bertz CT molecular complexity index is 1060. The summed E-state index contributed by atoms with van der Waals surface area (Å²) >= 11 is 1.29. The summed E-state index contributed by atoms with van der Waals surface area (Å²) in [5.41, 5.74) is 1.07. The van der Waals surface area contributed by atoms with Gasteiger partial charge in [-0.05, 0) is 23.8 Å². The van der Waals surface area contributed by atoms with E-state index in [9.17, 15) is 13.2 Å². The third kappa shape index (κ3) is 5.00. The molecule has 0 saturated carbocycles. The van der Waals surface area contributed by atoms with E-state index in [1.165, 1.54) is 29.5 Å². The average Bonchev–Trinajstić information content (AvgIpc) is 3.16. The van der Waals surface area contributed by atoms with Crippen molar-refractivity contribution in [3.05, 3.63) is 70.7 Å². The Morgan fingerprint density at radius 1 is 1.07 bits per heavy atom. The van der Waals surface area contributed by atoms with Gasteiger partial charge in [0.15, 0.2) is 0 Å². The fourth-order valence-corrected chi connectivity index (χ4v) is 4.15. The predicted molar refractivity (Wildman–Crippen MR) is 109 cm³/mol. The van der Waals surface area contributed by atoms with E-state index in [0.29, 0.717) is 5.13 Å². The van der Waals surface area contributed by atoms with Gasteiger partial charge in [-0.1, -0.05) is 61.6 Å². The largest absolute Gasteiger partial charge is 0.296 e. The van der Waals surface area contributed by atoms with Gasteiger partial charge < -0.3 is 0 Å². The lowest BCUT2D eigenvalue weighted by molar-refractivity contribution is 0.102. The molecule has 0 fully saturated rings. The van der Waals surface area contributed by atoms with Crippen molar-refractivity contribution in [2.75, 3.05) is 5.32 Å². The minimum atomic E-state index is -3.75. The lowest BCUT2D eigenvalue weighted by atomic mass is 10.2. The van der Waals surface area contributed by atoms with Crippen LogP contribution in [0.3, 0.4) is 0 Å². The maximum atomic E-state index is 12.6. The molecule has 1 aromatic heterocycles. The van der Waals surface area contributed by atoms with Crippen molar-refractivity contribution < 1.29 is 13.2 Å². The van der Waals surface area contributed by atoms with Crippen molar-refractivity contribution in [2.45, 2.75) is 31.2 Å². The molecule has 28 heavy (non-hydrogen) atoms. The monoisotopic (exact) mass is 416 g/mol. The predicted octanol–water partition coefficient (Wildman–Crippen LogP) is 3.39. The molecule has 2 N–H and O–H groups in total. The smallest absolute Gasteiger partial charge is 0.257 e. The van der Waals surface area contributed by atoms with Crippen LogP contribution in [0.15, 0.2) is 59.5 Å². The summed E-state index contributed by atoms with van der Waals surface area (Å²) in [4.78, 5) is 12.5. The molecule has 0 aliphatic carbocycles. The number of carbonyl (C=O) groups is 1. The Balaban J connectivity index is 1.72. The van der Waals surface area contributed by atoms with Crippen LogP contribution in [-0.4, -0.2) is 24.5 Å². The number of nitrogens with one attached hydrogen (secondary N) is 2. The number of anilines is 1. The van der Waals surface area contributed by atoms with E-state index in [2.05, 4.69) is 20.2 Å². The first-order chi connectivity index (χ1) is 13.3. The van der Waals surface area contributed by atoms with Crippen LogP contribution in [0.4, 0.5) is 5.13 Å². The normalized spacial score (nSPS) is 11.5. The van der Waals surface area contributed by atoms with E-state index in [0.717, 1.165) is 10.6 Å². The molecule has 0 unspecified atom stereocenters. The molecule has 0 saturated heterocycles. The van der Waals surface area contributed by atoms with Gasteiger partial charge >= 0.3 is 0 Å². The molecular weight excluding hydrogens is 396 g/mol. The zero-order chi connectivity index (χ0) is 20.1. The van der Waals surface area contributed by atoms with Gasteiger partial charge in [0, 0.05) is 18.0 Å². The Kier molecular flexibility index (Phi) is 6.18. The molecule has 3 aromatic rings. The molecule has 0 atom stereocenters. The fraction of sp³-hybridized carbons (Fsp3) is 0.211. The van der Waals surface area contributed by atoms with Crippen LogP contribution in [0.2, 0.25) is 0 Å². The minimum absolute atomic E-state index is 0.0243. The molecule has 0 spiro atoms. The third-order valence-corrected chi connectivity index (χ3v) is 6.41. The summed E-state index contributed by atoms with van der Waals surface area (Å²) < 4.78 is 27.7. The van der Waals surface area contributed by atoms with E-state index in [4.69, 9.17) is 0 Å². The zero-order valence-electron chi connectivity index (χ0n) is 15.4. The molecule has 0 aliphatic rings. The van der Waals surface area contributed by atoms with E-state index in [1.807, 2.05) is 44.2 Å². The lowest BCUT2D eigenvalue weighted by Gasteiger charge is -2.08. The van der Waals surface area contributed by atoms with Gasteiger partial charge in [0.1, 0.15) is 5.01 Å². The number of nitrogens with zero attached hydrogens (tertiary/aromatic N) is 2. The average molecular weight is 417 g/mol. The fourth-order valence-electron chi connectivity index (χ4n) is 2.35. The zero-order valence-corrected chi connectivity index (χ0v) is 17.0. The Morgan fingerprint density at radius 3 is 2.50 bits per heavy atom. The SMILES string of the molecule is CC(C)c1nnc(NC(=O)c2cccc(S(=O)(=O)NCc3ccccc3)c2)s1. The van der Waals surface area contributed by atoms with E-state index >= 15 is 0 Å². The molecule has 7 nitrogen and oxygen atoms in total. The van der Waals surface area contributed by atoms with Crippen molar-refractivity contribution in [3.63, 3.8) is 0 Å². The van der Waals surface area contributed by atoms with Gasteiger partial charge in [0.25, 0.3) is 5.91 Å². The van der Waals surface area contributed by atoms with Crippen molar-refractivity contribution in [1.82, 2.24) is 14.9 Å². The number of carbonyl (C=O) groups excluding carboxylic acids is 1. The summed E-state index contributed by atoms with van der Waals surface area (Å²) in [7, 11) is -3.75. The number of amides is 1. The van der Waals surface area contributed by atoms with Crippen LogP contribution in [0.1, 0.15) is 40.7 Å². The first kappa shape index (κ1) is 20.1. The molecule has 1 heterocycles. The van der Waals surface area contributed by atoms with Crippen LogP contribution >= 0.6 is 11.3 Å². The summed E-state index contributed by atoms with van der Waals surface area (Å²) in [5, 5.41) is 11.8. The number of benzene rings is 2. The number of hydrogen-bond donors (Lipinski definition) is 2. The Hall–Kier alpha value is -2.62. The topological polar surface area (TPSA) is 101 Å². The summed E-state index contributed by atoms with van der Waals surface area (Å²) in [5.74, 6) is -0.223. The van der Waals surface area contributed by atoms with Gasteiger partial charge in [0.05, 0.1) is 4.90 Å². The highest BCUT2D eigenvalue weighted by molar-refractivity contribution is 7.89. The molecule has 0 aliphatic heterocycles. The van der Waals surface area contributed by atoms with Crippen LogP contribution in [0.25, 0.3) is 0 Å². The standard InChI is InChI=1S/C19H20N4O3S2/c1-13(2)18-22-23-19(27-18)21-17(24)15-9-6-10-16(11-15)28(25,26)20-12-14-7-4-3-5-8-14/h3-11,13,20H,12H2,1-2H3,(H,21,23,24). The Labute approximate surface area is 167 Å². The lowest BCUT2D eigenvalue weighted by Crippen LogP contribution is -2.23. The highest BCUT2D eigenvalue weighted by Crippen LogP contribution is 2.23. The van der Waals surface area contributed by atoms with Crippen LogP contribution in [0.5, 0.6) is 0 Å². The van der Waals surface area contributed by atoms with Gasteiger partial charge in [-0.3, -0.25) is 10.1 Å². The molecular formula is C19H20N4O3S2. The van der Waals surface area contributed by atoms with Crippen molar-refractivity contribution in [1.29, 1.82) is 0 Å². The van der Waals surface area contributed by atoms with E-state index < -0.39 is 15.9 Å². The number of sulfonamides is 1. The molecule has 9 heteroatoms. The van der Waals surface area contributed by atoms with Gasteiger partial charge in [-0.25, -0.2) is 13.1 Å². The second kappa shape index (κ2) is 8.59. The first-order valence-electron chi connectivity index (χ1n) is 8.63. The molecule has 3 rings (SSSR count). The maximum absolute atomic E-state index is 12.6.